The van der Waals surface area contributed by atoms with Gasteiger partial charge in [-0.2, -0.15) is 4.98 Å². The Morgan fingerprint density at radius 1 is 1.50 bits per heavy atom. The molecule has 4 atom stereocenters. The van der Waals surface area contributed by atoms with E-state index in [1.54, 1.807) is 0 Å². The number of ether oxygens (including phenoxy) is 1. The van der Waals surface area contributed by atoms with Crippen LogP contribution in [0.1, 0.15) is 27.0 Å². The predicted octanol–water partition coefficient (Wildman–Crippen LogP) is 1.44. The molecular weight excluding hydrogens is 333 g/mol. The molecule has 0 saturated carbocycles. The van der Waals surface area contributed by atoms with Crippen molar-refractivity contribution in [3.63, 3.8) is 0 Å². The lowest BCUT2D eigenvalue weighted by Gasteiger charge is -2.39. The fourth-order valence-electron chi connectivity index (χ4n) is 2.34. The van der Waals surface area contributed by atoms with Crippen LogP contribution in [0.2, 0.25) is 18.1 Å². The molecule has 1 fully saturated rings. The van der Waals surface area contributed by atoms with Gasteiger partial charge in [0.2, 0.25) is 0 Å². The van der Waals surface area contributed by atoms with Crippen molar-refractivity contribution in [1.29, 1.82) is 0 Å². The van der Waals surface area contributed by atoms with Gasteiger partial charge in [0.05, 0.1) is 6.61 Å². The van der Waals surface area contributed by atoms with Gasteiger partial charge >= 0.3 is 5.69 Å². The summed E-state index contributed by atoms with van der Waals surface area (Å²) in [6.07, 6.45) is -3.24. The molecule has 1 aromatic heterocycles. The van der Waals surface area contributed by atoms with Crippen LogP contribution in [0.3, 0.4) is 0 Å². The normalized spacial score (nSPS) is 28.3. The molecule has 9 heteroatoms. The molecule has 0 bridgehead atoms. The zero-order valence-corrected chi connectivity index (χ0v) is 15.7. The smallest absolute Gasteiger partial charge is 0.351 e. The molecule has 1 aromatic rings. The average Bonchev–Trinajstić information content (AvgIpc) is 2.74. The van der Waals surface area contributed by atoms with Crippen LogP contribution in [-0.4, -0.2) is 48.0 Å². The zero-order chi connectivity index (χ0) is 18.3. The summed E-state index contributed by atoms with van der Waals surface area (Å²) in [6, 6.07) is 1.40. The number of anilines is 1. The number of aliphatic hydroxyl groups is 1. The summed E-state index contributed by atoms with van der Waals surface area (Å²) >= 11 is 0. The monoisotopic (exact) mass is 359 g/mol. The summed E-state index contributed by atoms with van der Waals surface area (Å²) in [5, 5.41) is 9.43. The fourth-order valence-corrected chi connectivity index (χ4v) is 3.66. The highest BCUT2D eigenvalue weighted by molar-refractivity contribution is 6.74. The van der Waals surface area contributed by atoms with Crippen LogP contribution in [0.5, 0.6) is 0 Å². The van der Waals surface area contributed by atoms with E-state index in [-0.39, 0.29) is 10.9 Å². The highest BCUT2D eigenvalue weighted by Crippen LogP contribution is 2.41. The molecule has 0 spiro atoms. The number of nitrogens with zero attached hydrogens (tertiary/aromatic N) is 2. The summed E-state index contributed by atoms with van der Waals surface area (Å²) in [4.78, 5) is 15.5. The summed E-state index contributed by atoms with van der Waals surface area (Å²) < 4.78 is 27.7. The molecule has 136 valence electrons. The van der Waals surface area contributed by atoms with Crippen LogP contribution in [-0.2, 0) is 9.16 Å². The molecule has 0 radical (unpaired) electrons. The molecule has 7 nitrogen and oxygen atoms in total. The number of rotatable bonds is 4. The van der Waals surface area contributed by atoms with Gasteiger partial charge in [-0.25, -0.2) is 9.18 Å². The standard InChI is InChI=1S/C15H26FN3O4Si/c1-15(2,3)24(4,5)23-12-9(8-20)22-13(11(12)16)19-7-6-10(17)18-14(19)21/h6-7,9,11-13,20H,8H2,1-5H3,(H2,17,18,21)/t9-,11-,12-,13-/m1/s1. The van der Waals surface area contributed by atoms with Gasteiger partial charge in [-0.05, 0) is 24.2 Å². The van der Waals surface area contributed by atoms with Crippen molar-refractivity contribution in [2.75, 3.05) is 12.3 Å². The second-order valence-electron chi connectivity index (χ2n) is 7.58. The number of aliphatic hydroxyl groups excluding tert-OH is 1. The Kier molecular flexibility index (Phi) is 5.19. The summed E-state index contributed by atoms with van der Waals surface area (Å²) in [5.41, 5.74) is 4.75. The van der Waals surface area contributed by atoms with E-state index >= 15 is 4.39 Å². The van der Waals surface area contributed by atoms with Crippen LogP contribution >= 0.6 is 0 Å². The molecule has 3 N–H and O–H groups in total. The zero-order valence-electron chi connectivity index (χ0n) is 14.7. The quantitative estimate of drug-likeness (QED) is 0.789. The van der Waals surface area contributed by atoms with Crippen molar-refractivity contribution < 1.29 is 18.7 Å². The lowest BCUT2D eigenvalue weighted by molar-refractivity contribution is -0.0478. The lowest BCUT2D eigenvalue weighted by atomic mass is 10.1. The molecule has 0 aliphatic carbocycles. The van der Waals surface area contributed by atoms with E-state index in [1.165, 1.54) is 12.3 Å². The largest absolute Gasteiger partial charge is 0.408 e. The van der Waals surface area contributed by atoms with Crippen molar-refractivity contribution in [2.45, 2.75) is 63.5 Å². The summed E-state index contributed by atoms with van der Waals surface area (Å²) in [7, 11) is -2.28. The minimum atomic E-state index is -2.28. The van der Waals surface area contributed by atoms with Gasteiger partial charge in [0.25, 0.3) is 0 Å². The van der Waals surface area contributed by atoms with Crippen molar-refractivity contribution in [3.05, 3.63) is 22.7 Å². The van der Waals surface area contributed by atoms with E-state index in [1.807, 2.05) is 33.9 Å². The number of hydrogen-bond donors (Lipinski definition) is 2. The second-order valence-corrected chi connectivity index (χ2v) is 12.3. The highest BCUT2D eigenvalue weighted by atomic mass is 28.4. The number of aromatic nitrogens is 2. The van der Waals surface area contributed by atoms with Crippen LogP contribution < -0.4 is 11.4 Å². The molecule has 0 aromatic carbocycles. The average molecular weight is 359 g/mol. The van der Waals surface area contributed by atoms with E-state index in [9.17, 15) is 9.90 Å². The van der Waals surface area contributed by atoms with Crippen molar-refractivity contribution in [1.82, 2.24) is 9.55 Å². The van der Waals surface area contributed by atoms with E-state index in [0.29, 0.717) is 0 Å². The first kappa shape index (κ1) is 19.0. The molecule has 1 aliphatic heterocycles. The predicted molar refractivity (Wildman–Crippen MR) is 90.9 cm³/mol. The fraction of sp³-hybridized carbons (Fsp3) is 0.733. The molecule has 0 unspecified atom stereocenters. The maximum atomic E-state index is 15.0. The third kappa shape index (κ3) is 3.53. The molecule has 2 heterocycles. The molecular formula is C15H26FN3O4Si. The number of hydrogen-bond acceptors (Lipinski definition) is 6. The van der Waals surface area contributed by atoms with Gasteiger partial charge in [-0.1, -0.05) is 20.8 Å². The van der Waals surface area contributed by atoms with E-state index in [0.717, 1.165) is 4.57 Å². The molecule has 2 rings (SSSR count). The first-order valence-electron chi connectivity index (χ1n) is 7.91. The van der Waals surface area contributed by atoms with Crippen molar-refractivity contribution in [2.24, 2.45) is 0 Å². The maximum Gasteiger partial charge on any atom is 0.351 e. The number of nitrogens with two attached hydrogens (primary N) is 1. The van der Waals surface area contributed by atoms with Gasteiger partial charge in [-0.3, -0.25) is 4.57 Å². The first-order chi connectivity index (χ1) is 11.0. The Morgan fingerprint density at radius 2 is 2.12 bits per heavy atom. The third-order valence-corrected chi connectivity index (χ3v) is 9.28. The van der Waals surface area contributed by atoms with Crippen LogP contribution in [0, 0.1) is 0 Å². The summed E-state index contributed by atoms with van der Waals surface area (Å²) in [6.45, 7) is 9.73. The summed E-state index contributed by atoms with van der Waals surface area (Å²) in [5.74, 6) is 0.0532. The SMILES string of the molecule is CC(C)(C)[Si](C)(C)O[C@H]1[C@@H](F)[C@H](n2ccc(N)nc2=O)O[C@@H]1CO. The van der Waals surface area contributed by atoms with Crippen LogP contribution in [0.4, 0.5) is 10.2 Å². The maximum absolute atomic E-state index is 15.0. The van der Waals surface area contributed by atoms with Crippen molar-refractivity contribution >= 4 is 14.1 Å². The van der Waals surface area contributed by atoms with Gasteiger partial charge in [-0.15, -0.1) is 0 Å². The Bertz CT molecular complexity index is 646. The Balaban J connectivity index is 2.30. The Morgan fingerprint density at radius 3 is 2.62 bits per heavy atom. The highest BCUT2D eigenvalue weighted by Gasteiger charge is 2.51. The Hall–Kier alpha value is -1.29. The topological polar surface area (TPSA) is 99.6 Å². The van der Waals surface area contributed by atoms with E-state index in [4.69, 9.17) is 14.9 Å². The minimum absolute atomic E-state index is 0.0532. The number of halogens is 1. The third-order valence-electron chi connectivity index (χ3n) is 4.81. The van der Waals surface area contributed by atoms with Gasteiger partial charge in [0, 0.05) is 6.20 Å². The van der Waals surface area contributed by atoms with Gasteiger partial charge in [0.1, 0.15) is 18.0 Å². The van der Waals surface area contributed by atoms with Gasteiger partial charge in [0.15, 0.2) is 20.7 Å². The molecule has 1 aliphatic rings. The molecule has 0 amide bonds. The lowest BCUT2D eigenvalue weighted by Crippen LogP contribution is -2.49. The molecule has 24 heavy (non-hydrogen) atoms. The minimum Gasteiger partial charge on any atom is -0.408 e. The van der Waals surface area contributed by atoms with Crippen molar-refractivity contribution in [3.8, 4) is 0 Å². The second kappa shape index (κ2) is 6.55. The van der Waals surface area contributed by atoms with E-state index < -0.39 is 45.2 Å². The molecule has 1 saturated heterocycles. The number of nitrogen functional groups attached to an aromatic ring is 1. The van der Waals surface area contributed by atoms with Gasteiger partial charge < -0.3 is 20.0 Å². The first-order valence-corrected chi connectivity index (χ1v) is 10.8. The van der Waals surface area contributed by atoms with E-state index in [2.05, 4.69) is 4.98 Å². The number of alkyl halides is 1. The Labute approximate surface area is 141 Å². The van der Waals surface area contributed by atoms with Crippen LogP contribution in [0.15, 0.2) is 17.1 Å². The van der Waals surface area contributed by atoms with Crippen LogP contribution in [0.25, 0.3) is 0 Å².